The third-order valence-electron chi connectivity index (χ3n) is 0.827. The average molecular weight is 260 g/mol. The Morgan fingerprint density at radius 3 is 2.00 bits per heavy atom. The fourth-order valence-electron chi connectivity index (χ4n) is 0.441. The molecule has 0 amide bonds. The zero-order valence-corrected chi connectivity index (χ0v) is 10.2. The summed E-state index contributed by atoms with van der Waals surface area (Å²) in [6, 6.07) is 8.02. The third-order valence-corrected chi connectivity index (χ3v) is 1.84. The molecule has 0 unspecified atom stereocenters. The van der Waals surface area contributed by atoms with Gasteiger partial charge in [-0.05, 0) is 46.9 Å². The monoisotopic (exact) mass is 260 g/mol. The summed E-state index contributed by atoms with van der Waals surface area (Å²) in [5.41, 5.74) is 0. The number of benzene rings is 1. The Morgan fingerprint density at radius 2 is 1.67 bits per heavy atom. The summed E-state index contributed by atoms with van der Waals surface area (Å²) in [5.74, 6) is 0. The quantitative estimate of drug-likeness (QED) is 0.369. The normalized spacial score (nSPS) is 8.22. The first-order valence-electron chi connectivity index (χ1n) is 2.23. The van der Waals surface area contributed by atoms with E-state index in [0.29, 0.717) is 0 Å². The molecule has 0 aliphatic carbocycles. The molecule has 9 heavy (non-hydrogen) atoms. The van der Waals surface area contributed by atoms with Gasteiger partial charge in [0.25, 0.3) is 0 Å². The number of thiol groups is 1. The second-order valence-electron chi connectivity index (χ2n) is 1.48. The zero-order chi connectivity index (χ0) is 5.98. The molecule has 0 N–H and O–H groups in total. The van der Waals surface area contributed by atoms with E-state index in [1.54, 1.807) is 0 Å². The molecular formula is C6H6INaS. The Balaban J connectivity index is 0. The van der Waals surface area contributed by atoms with E-state index in [0.717, 1.165) is 4.90 Å². The van der Waals surface area contributed by atoms with E-state index in [1.165, 1.54) is 3.57 Å². The number of rotatable bonds is 0. The van der Waals surface area contributed by atoms with Crippen LogP contribution < -0.4 is 29.6 Å². The molecule has 0 spiro atoms. The van der Waals surface area contributed by atoms with Crippen LogP contribution in [0.5, 0.6) is 0 Å². The van der Waals surface area contributed by atoms with E-state index in [-0.39, 0.29) is 31.0 Å². The van der Waals surface area contributed by atoms with Crippen LogP contribution in [-0.2, 0) is 0 Å². The van der Waals surface area contributed by atoms with Gasteiger partial charge in [-0.15, -0.1) is 12.6 Å². The Kier molecular flexibility index (Phi) is 5.74. The number of hydrogen-bond donors (Lipinski definition) is 1. The number of hydrogen-bond acceptors (Lipinski definition) is 1. The summed E-state index contributed by atoms with van der Waals surface area (Å²) >= 11 is 6.39. The van der Waals surface area contributed by atoms with E-state index in [4.69, 9.17) is 0 Å². The predicted molar refractivity (Wildman–Crippen MR) is 47.5 cm³/mol. The minimum absolute atomic E-state index is 0. The van der Waals surface area contributed by atoms with Crippen LogP contribution in [0.25, 0.3) is 0 Å². The molecule has 0 fully saturated rings. The predicted octanol–water partition coefficient (Wildman–Crippen LogP) is -0.304. The smallest absolute Gasteiger partial charge is 1.00 e. The molecule has 0 aromatic heterocycles. The first-order valence-corrected chi connectivity index (χ1v) is 3.76. The summed E-state index contributed by atoms with van der Waals surface area (Å²) in [6.07, 6.45) is 0. The van der Waals surface area contributed by atoms with E-state index in [1.807, 2.05) is 24.3 Å². The number of halogens is 1. The van der Waals surface area contributed by atoms with Crippen molar-refractivity contribution in [2.75, 3.05) is 0 Å². The van der Waals surface area contributed by atoms with Crippen LogP contribution in [0.1, 0.15) is 1.43 Å². The van der Waals surface area contributed by atoms with Crippen molar-refractivity contribution in [2.45, 2.75) is 4.90 Å². The maximum absolute atomic E-state index is 4.13. The van der Waals surface area contributed by atoms with Crippen molar-refractivity contribution in [3.63, 3.8) is 0 Å². The van der Waals surface area contributed by atoms with Gasteiger partial charge in [-0.3, -0.25) is 0 Å². The van der Waals surface area contributed by atoms with Gasteiger partial charge in [0.1, 0.15) is 0 Å². The molecule has 3 heteroatoms. The largest absolute Gasteiger partial charge is 1.00 e. The van der Waals surface area contributed by atoms with Gasteiger partial charge in [-0.2, -0.15) is 0 Å². The van der Waals surface area contributed by atoms with Crippen LogP contribution in [0, 0.1) is 3.57 Å². The second kappa shape index (κ2) is 5.02. The maximum Gasteiger partial charge on any atom is 1.00 e. The Bertz CT molecular complexity index is 157. The van der Waals surface area contributed by atoms with Crippen LogP contribution in [0.4, 0.5) is 0 Å². The van der Waals surface area contributed by atoms with Crippen molar-refractivity contribution < 1.29 is 31.0 Å². The van der Waals surface area contributed by atoms with E-state index in [2.05, 4.69) is 35.2 Å². The van der Waals surface area contributed by atoms with Crippen LogP contribution in [-0.4, -0.2) is 0 Å². The van der Waals surface area contributed by atoms with Crippen LogP contribution in [0.15, 0.2) is 29.2 Å². The molecule has 0 aliphatic rings. The van der Waals surface area contributed by atoms with E-state index >= 15 is 0 Å². The SMILES string of the molecule is Sc1ccc(I)cc1.[H-].[Na+]. The van der Waals surface area contributed by atoms with Gasteiger partial charge in [-0.25, -0.2) is 0 Å². The van der Waals surface area contributed by atoms with Crippen molar-refractivity contribution in [2.24, 2.45) is 0 Å². The molecular weight excluding hydrogens is 254 g/mol. The van der Waals surface area contributed by atoms with E-state index in [9.17, 15) is 0 Å². The molecule has 1 rings (SSSR count). The zero-order valence-electron chi connectivity index (χ0n) is 6.13. The standard InChI is InChI=1S/C6H5IS.Na.H/c7-5-1-3-6(8)4-2-5;;/h1-4,8H;;/q;+1;-1. The molecule has 0 aliphatic heterocycles. The first-order chi connectivity index (χ1) is 3.79. The summed E-state index contributed by atoms with van der Waals surface area (Å²) < 4.78 is 1.25. The fraction of sp³-hybridized carbons (Fsp3) is 0. The summed E-state index contributed by atoms with van der Waals surface area (Å²) in [6.45, 7) is 0. The van der Waals surface area contributed by atoms with Crippen molar-refractivity contribution in [1.29, 1.82) is 0 Å². The third kappa shape index (κ3) is 3.88. The minimum atomic E-state index is 0. The minimum Gasteiger partial charge on any atom is -1.00 e. The van der Waals surface area contributed by atoms with Crippen molar-refractivity contribution in [1.82, 2.24) is 0 Å². The Morgan fingerprint density at radius 1 is 1.22 bits per heavy atom. The van der Waals surface area contributed by atoms with Crippen molar-refractivity contribution in [3.05, 3.63) is 27.8 Å². The van der Waals surface area contributed by atoms with Gasteiger partial charge in [0, 0.05) is 8.47 Å². The van der Waals surface area contributed by atoms with Crippen molar-refractivity contribution >= 4 is 35.2 Å². The average Bonchev–Trinajstić information content (AvgIpc) is 1.77. The molecule has 1 aromatic carbocycles. The molecule has 0 nitrogen and oxygen atoms in total. The van der Waals surface area contributed by atoms with Crippen LogP contribution in [0.2, 0.25) is 0 Å². The fourth-order valence-corrected chi connectivity index (χ4v) is 0.950. The topological polar surface area (TPSA) is 0 Å². The van der Waals surface area contributed by atoms with Crippen LogP contribution in [0.3, 0.4) is 0 Å². The van der Waals surface area contributed by atoms with Crippen molar-refractivity contribution in [3.8, 4) is 0 Å². The molecule has 44 valence electrons. The molecule has 0 atom stereocenters. The van der Waals surface area contributed by atoms with Gasteiger partial charge in [0.15, 0.2) is 0 Å². The summed E-state index contributed by atoms with van der Waals surface area (Å²) in [7, 11) is 0. The van der Waals surface area contributed by atoms with E-state index < -0.39 is 0 Å². The van der Waals surface area contributed by atoms with Gasteiger partial charge in [-0.1, -0.05) is 0 Å². The molecule has 1 aromatic rings. The first kappa shape index (κ1) is 10.3. The Hall–Kier alpha value is 1.30. The molecule has 0 radical (unpaired) electrons. The Labute approximate surface area is 97.7 Å². The molecule has 0 heterocycles. The van der Waals surface area contributed by atoms with Gasteiger partial charge >= 0.3 is 29.6 Å². The second-order valence-corrected chi connectivity index (χ2v) is 3.24. The molecule has 0 saturated heterocycles. The molecule has 0 bridgehead atoms. The maximum atomic E-state index is 4.13. The summed E-state index contributed by atoms with van der Waals surface area (Å²) in [5, 5.41) is 0. The van der Waals surface area contributed by atoms with Gasteiger partial charge < -0.3 is 1.43 Å². The van der Waals surface area contributed by atoms with Crippen LogP contribution >= 0.6 is 35.2 Å². The molecule has 0 saturated carbocycles. The van der Waals surface area contributed by atoms with Gasteiger partial charge in [0.05, 0.1) is 0 Å². The van der Waals surface area contributed by atoms with Gasteiger partial charge in [0.2, 0.25) is 0 Å². The summed E-state index contributed by atoms with van der Waals surface area (Å²) in [4.78, 5) is 1.02.